The second kappa shape index (κ2) is 4.26. The maximum Gasteiger partial charge on any atom is 0.326 e. The van der Waals surface area contributed by atoms with Gasteiger partial charge in [-0.3, -0.25) is 9.69 Å². The summed E-state index contributed by atoms with van der Waals surface area (Å²) in [6.07, 6.45) is 0. The normalized spacial score (nSPS) is 20.5. The highest BCUT2D eigenvalue weighted by Gasteiger charge is 2.39. The third kappa shape index (κ3) is 2.09. The molecule has 2 rings (SSSR count). The maximum atomic E-state index is 11.7. The number of benzene rings is 1. The molecule has 1 aromatic rings. The molecular formula is C13H17NO2. The molecule has 0 N–H and O–H groups in total. The van der Waals surface area contributed by atoms with E-state index in [4.69, 9.17) is 4.74 Å². The molecule has 1 aliphatic rings. The minimum atomic E-state index is -0.520. The number of esters is 1. The summed E-state index contributed by atoms with van der Waals surface area (Å²) >= 11 is 0. The Morgan fingerprint density at radius 3 is 2.69 bits per heavy atom. The number of nitrogens with zero attached hydrogens (tertiary/aromatic N) is 1. The zero-order chi connectivity index (χ0) is 11.6. The minimum Gasteiger partial charge on any atom is -0.463 e. The summed E-state index contributed by atoms with van der Waals surface area (Å²) in [4.78, 5) is 13.8. The van der Waals surface area contributed by atoms with Gasteiger partial charge in [0.25, 0.3) is 0 Å². The first-order valence-electron chi connectivity index (χ1n) is 5.57. The molecule has 0 radical (unpaired) electrons. The van der Waals surface area contributed by atoms with Gasteiger partial charge in [-0.05, 0) is 19.4 Å². The molecule has 0 spiro atoms. The molecule has 0 atom stereocenters. The Hall–Kier alpha value is -1.35. The van der Waals surface area contributed by atoms with Crippen LogP contribution in [0.4, 0.5) is 0 Å². The molecular weight excluding hydrogens is 202 g/mol. The van der Waals surface area contributed by atoms with Crippen LogP contribution in [0.5, 0.6) is 0 Å². The van der Waals surface area contributed by atoms with Crippen molar-refractivity contribution >= 4 is 5.97 Å². The molecule has 1 saturated heterocycles. The summed E-state index contributed by atoms with van der Waals surface area (Å²) in [7, 11) is 0. The Balaban J connectivity index is 2.12. The summed E-state index contributed by atoms with van der Waals surface area (Å²) in [6, 6.07) is 10.2. The molecule has 16 heavy (non-hydrogen) atoms. The lowest BCUT2D eigenvalue weighted by molar-refractivity contribution is -0.166. The fourth-order valence-electron chi connectivity index (χ4n) is 1.91. The van der Waals surface area contributed by atoms with Gasteiger partial charge >= 0.3 is 5.97 Å². The topological polar surface area (TPSA) is 29.5 Å². The molecule has 3 heteroatoms. The van der Waals surface area contributed by atoms with Gasteiger partial charge in [0.15, 0.2) is 0 Å². The molecule has 0 aromatic heterocycles. The van der Waals surface area contributed by atoms with Gasteiger partial charge in [0.05, 0.1) is 0 Å². The molecule has 3 nitrogen and oxygen atoms in total. The molecule has 1 aliphatic heterocycles. The van der Waals surface area contributed by atoms with Crippen LogP contribution in [0.15, 0.2) is 30.3 Å². The third-order valence-electron chi connectivity index (χ3n) is 3.10. The molecule has 0 bridgehead atoms. The number of morpholine rings is 1. The van der Waals surface area contributed by atoms with Crippen LogP contribution < -0.4 is 0 Å². The van der Waals surface area contributed by atoms with Crippen molar-refractivity contribution in [3.8, 4) is 0 Å². The third-order valence-corrected chi connectivity index (χ3v) is 3.10. The monoisotopic (exact) mass is 219 g/mol. The summed E-state index contributed by atoms with van der Waals surface area (Å²) < 4.78 is 5.08. The van der Waals surface area contributed by atoms with Crippen LogP contribution in [0.3, 0.4) is 0 Å². The number of ether oxygens (including phenoxy) is 1. The van der Waals surface area contributed by atoms with Crippen molar-refractivity contribution < 1.29 is 9.53 Å². The second-order valence-corrected chi connectivity index (χ2v) is 4.60. The molecule has 1 heterocycles. The van der Waals surface area contributed by atoms with E-state index in [1.165, 1.54) is 5.56 Å². The summed E-state index contributed by atoms with van der Waals surface area (Å²) in [5, 5.41) is 0. The SMILES string of the molecule is CC1(C)C(=O)OCCN1Cc1ccccc1. The van der Waals surface area contributed by atoms with E-state index in [0.717, 1.165) is 13.1 Å². The predicted molar refractivity (Wildman–Crippen MR) is 61.9 cm³/mol. The zero-order valence-electron chi connectivity index (χ0n) is 9.77. The largest absolute Gasteiger partial charge is 0.463 e. The zero-order valence-corrected chi connectivity index (χ0v) is 9.77. The van der Waals surface area contributed by atoms with Crippen molar-refractivity contribution in [1.29, 1.82) is 0 Å². The molecule has 0 unspecified atom stereocenters. The number of hydrogen-bond donors (Lipinski definition) is 0. The molecule has 86 valence electrons. The number of carbonyl (C=O) groups is 1. The summed E-state index contributed by atoms with van der Waals surface area (Å²) in [5.74, 6) is -0.130. The highest BCUT2D eigenvalue weighted by atomic mass is 16.5. The average molecular weight is 219 g/mol. The van der Waals surface area contributed by atoms with Gasteiger partial charge < -0.3 is 4.74 Å². The molecule has 0 aliphatic carbocycles. The first kappa shape index (κ1) is 11.1. The maximum absolute atomic E-state index is 11.7. The highest BCUT2D eigenvalue weighted by Crippen LogP contribution is 2.22. The van der Waals surface area contributed by atoms with E-state index >= 15 is 0 Å². The Morgan fingerprint density at radius 1 is 1.31 bits per heavy atom. The van der Waals surface area contributed by atoms with Crippen LogP contribution in [0.2, 0.25) is 0 Å². The Morgan fingerprint density at radius 2 is 2.00 bits per heavy atom. The summed E-state index contributed by atoms with van der Waals surface area (Å²) in [5.41, 5.74) is 0.707. The van der Waals surface area contributed by atoms with Crippen molar-refractivity contribution in [1.82, 2.24) is 4.90 Å². The van der Waals surface area contributed by atoms with E-state index in [1.54, 1.807) is 0 Å². The van der Waals surface area contributed by atoms with Crippen molar-refractivity contribution in [2.45, 2.75) is 25.9 Å². The molecule has 1 aromatic carbocycles. The number of cyclic esters (lactones) is 1. The molecule has 0 amide bonds. The Kier molecular flexibility index (Phi) is 2.97. The Labute approximate surface area is 96.0 Å². The molecule has 0 saturated carbocycles. The number of hydrogen-bond acceptors (Lipinski definition) is 3. The van der Waals surface area contributed by atoms with Crippen molar-refractivity contribution in [3.05, 3.63) is 35.9 Å². The lowest BCUT2D eigenvalue weighted by atomic mass is 10.0. The summed E-state index contributed by atoms with van der Waals surface area (Å²) in [6.45, 7) is 5.92. The van der Waals surface area contributed by atoms with Crippen molar-refractivity contribution in [2.75, 3.05) is 13.2 Å². The van der Waals surface area contributed by atoms with Crippen LogP contribution in [0, 0.1) is 0 Å². The van der Waals surface area contributed by atoms with E-state index < -0.39 is 5.54 Å². The fraction of sp³-hybridized carbons (Fsp3) is 0.462. The quantitative estimate of drug-likeness (QED) is 0.711. The van der Waals surface area contributed by atoms with E-state index in [9.17, 15) is 4.79 Å². The van der Waals surface area contributed by atoms with Gasteiger partial charge in [-0.2, -0.15) is 0 Å². The van der Waals surface area contributed by atoms with Gasteiger partial charge in [0, 0.05) is 13.1 Å². The van der Waals surface area contributed by atoms with E-state index in [2.05, 4.69) is 17.0 Å². The van der Waals surface area contributed by atoms with Gasteiger partial charge in [-0.15, -0.1) is 0 Å². The van der Waals surface area contributed by atoms with E-state index in [0.29, 0.717) is 6.61 Å². The molecule has 1 fully saturated rings. The van der Waals surface area contributed by atoms with E-state index in [-0.39, 0.29) is 5.97 Å². The van der Waals surface area contributed by atoms with Crippen LogP contribution in [0.1, 0.15) is 19.4 Å². The van der Waals surface area contributed by atoms with Gasteiger partial charge in [0.1, 0.15) is 12.1 Å². The first-order valence-corrected chi connectivity index (χ1v) is 5.57. The smallest absolute Gasteiger partial charge is 0.326 e. The van der Waals surface area contributed by atoms with Crippen LogP contribution in [-0.2, 0) is 16.1 Å². The second-order valence-electron chi connectivity index (χ2n) is 4.60. The van der Waals surface area contributed by atoms with Gasteiger partial charge in [0.2, 0.25) is 0 Å². The van der Waals surface area contributed by atoms with E-state index in [1.807, 2.05) is 32.0 Å². The fourth-order valence-corrected chi connectivity index (χ4v) is 1.91. The van der Waals surface area contributed by atoms with Crippen molar-refractivity contribution in [3.63, 3.8) is 0 Å². The van der Waals surface area contributed by atoms with Crippen LogP contribution >= 0.6 is 0 Å². The average Bonchev–Trinajstić information content (AvgIpc) is 2.27. The van der Waals surface area contributed by atoms with Crippen LogP contribution in [-0.4, -0.2) is 29.6 Å². The van der Waals surface area contributed by atoms with Crippen LogP contribution in [0.25, 0.3) is 0 Å². The lowest BCUT2D eigenvalue weighted by Gasteiger charge is -2.40. The highest BCUT2D eigenvalue weighted by molar-refractivity contribution is 5.80. The lowest BCUT2D eigenvalue weighted by Crippen LogP contribution is -2.55. The first-order chi connectivity index (χ1) is 7.60. The standard InChI is InChI=1S/C13H17NO2/c1-13(2)12(15)16-9-8-14(13)10-11-6-4-3-5-7-11/h3-7H,8-10H2,1-2H3. The number of rotatable bonds is 2. The minimum absolute atomic E-state index is 0.130. The van der Waals surface area contributed by atoms with Gasteiger partial charge in [-0.1, -0.05) is 30.3 Å². The van der Waals surface area contributed by atoms with Crippen molar-refractivity contribution in [2.24, 2.45) is 0 Å². The number of carbonyl (C=O) groups excluding carboxylic acids is 1. The van der Waals surface area contributed by atoms with Gasteiger partial charge in [-0.25, -0.2) is 0 Å². The Bertz CT molecular complexity index is 373. The predicted octanol–water partition coefficient (Wildman–Crippen LogP) is 1.82.